The molecule has 0 saturated carbocycles. The molecule has 1 aromatic carbocycles. The van der Waals surface area contributed by atoms with E-state index in [1.54, 1.807) is 0 Å². The van der Waals surface area contributed by atoms with Gasteiger partial charge in [-0.1, -0.05) is 20.8 Å². The van der Waals surface area contributed by atoms with Gasteiger partial charge in [0.25, 0.3) is 0 Å². The third-order valence-corrected chi connectivity index (χ3v) is 3.57. The second-order valence-corrected chi connectivity index (χ2v) is 5.42. The fourth-order valence-corrected chi connectivity index (χ4v) is 2.59. The Morgan fingerprint density at radius 3 is 2.58 bits per heavy atom. The Morgan fingerprint density at radius 2 is 2.05 bits per heavy atom. The van der Waals surface area contributed by atoms with Gasteiger partial charge in [-0.2, -0.15) is 0 Å². The number of aryl methyl sites for hydroxylation is 2. The van der Waals surface area contributed by atoms with Gasteiger partial charge in [-0.15, -0.1) is 0 Å². The average Bonchev–Trinajstić information content (AvgIpc) is 2.66. The first-order valence-corrected chi connectivity index (χ1v) is 6.82. The van der Waals surface area contributed by atoms with Gasteiger partial charge in [0.2, 0.25) is 0 Å². The van der Waals surface area contributed by atoms with Gasteiger partial charge in [0.1, 0.15) is 0 Å². The molecule has 3 heteroatoms. The molecule has 0 radical (unpaired) electrons. The topological polar surface area (TPSA) is 42.2 Å². The van der Waals surface area contributed by atoms with E-state index < -0.39 is 5.97 Å². The molecule has 0 atom stereocenters. The van der Waals surface area contributed by atoms with Crippen LogP contribution in [-0.2, 0) is 6.54 Å². The van der Waals surface area contributed by atoms with E-state index in [2.05, 4.69) is 31.5 Å². The average molecular weight is 259 g/mol. The van der Waals surface area contributed by atoms with Crippen LogP contribution in [0.3, 0.4) is 0 Å². The van der Waals surface area contributed by atoms with Gasteiger partial charge in [-0.25, -0.2) is 4.79 Å². The summed E-state index contributed by atoms with van der Waals surface area (Å²) in [4.78, 5) is 11.3. The van der Waals surface area contributed by atoms with Crippen molar-refractivity contribution < 1.29 is 9.90 Å². The highest BCUT2D eigenvalue weighted by molar-refractivity contribution is 5.96. The van der Waals surface area contributed by atoms with Crippen LogP contribution in [0.4, 0.5) is 0 Å². The summed E-state index contributed by atoms with van der Waals surface area (Å²) < 4.78 is 2.18. The first-order valence-electron chi connectivity index (χ1n) is 6.82. The van der Waals surface area contributed by atoms with Crippen molar-refractivity contribution in [1.29, 1.82) is 0 Å². The molecule has 0 aliphatic rings. The molecule has 1 heterocycles. The Bertz CT molecular complexity index is 623. The van der Waals surface area contributed by atoms with Crippen LogP contribution < -0.4 is 0 Å². The summed E-state index contributed by atoms with van der Waals surface area (Å²) in [7, 11) is 0. The van der Waals surface area contributed by atoms with Crippen molar-refractivity contribution in [2.75, 3.05) is 0 Å². The van der Waals surface area contributed by atoms with Gasteiger partial charge in [0.15, 0.2) is 0 Å². The molecule has 0 aliphatic carbocycles. The minimum absolute atomic E-state index is 0.401. The maximum atomic E-state index is 11.3. The zero-order valence-corrected chi connectivity index (χ0v) is 12.0. The number of aromatic carboxylic acids is 1. The zero-order valence-electron chi connectivity index (χ0n) is 12.0. The lowest BCUT2D eigenvalue weighted by molar-refractivity contribution is 0.0696. The van der Waals surface area contributed by atoms with Gasteiger partial charge in [-0.05, 0) is 42.5 Å². The van der Waals surface area contributed by atoms with Crippen LogP contribution >= 0.6 is 0 Å². The highest BCUT2D eigenvalue weighted by atomic mass is 16.4. The summed E-state index contributed by atoms with van der Waals surface area (Å²) in [6.07, 6.45) is 3.21. The number of benzene rings is 1. The molecule has 1 N–H and O–H groups in total. The number of carbonyl (C=O) groups is 1. The van der Waals surface area contributed by atoms with Crippen molar-refractivity contribution in [1.82, 2.24) is 4.57 Å². The molecular formula is C16H21NO2. The van der Waals surface area contributed by atoms with Crippen LogP contribution in [0.5, 0.6) is 0 Å². The van der Waals surface area contributed by atoms with Gasteiger partial charge in [0.05, 0.1) is 5.56 Å². The minimum atomic E-state index is -0.852. The van der Waals surface area contributed by atoms with Crippen molar-refractivity contribution in [2.24, 2.45) is 0 Å². The lowest BCUT2D eigenvalue weighted by Crippen LogP contribution is -2.01. The second-order valence-electron chi connectivity index (χ2n) is 5.42. The summed E-state index contributed by atoms with van der Waals surface area (Å²) in [5.41, 5.74) is 3.56. The number of carboxylic acids is 1. The van der Waals surface area contributed by atoms with Crippen LogP contribution in [0, 0.1) is 6.92 Å². The summed E-state index contributed by atoms with van der Waals surface area (Å²) in [5.74, 6) is -0.412. The number of hydrogen-bond acceptors (Lipinski definition) is 1. The van der Waals surface area contributed by atoms with Crippen LogP contribution in [0.2, 0.25) is 0 Å². The number of carboxylic acid groups (broad SMARTS) is 1. The molecule has 2 aromatic rings. The van der Waals surface area contributed by atoms with E-state index in [4.69, 9.17) is 0 Å². The normalized spacial score (nSPS) is 11.4. The molecule has 1 aromatic heterocycles. The SMILES string of the molecule is CCCn1cc(C(C)C)c2cc(C)c(C(=O)O)cc21. The van der Waals surface area contributed by atoms with Crippen molar-refractivity contribution in [3.05, 3.63) is 35.0 Å². The first kappa shape index (κ1) is 13.7. The van der Waals surface area contributed by atoms with Crippen LogP contribution in [-0.4, -0.2) is 15.6 Å². The Hall–Kier alpha value is -1.77. The molecule has 0 bridgehead atoms. The number of aromatic nitrogens is 1. The molecule has 0 spiro atoms. The quantitative estimate of drug-likeness (QED) is 0.895. The fourth-order valence-electron chi connectivity index (χ4n) is 2.59. The standard InChI is InChI=1S/C16H21NO2/c1-5-6-17-9-14(10(2)3)13-7-11(4)12(16(18)19)8-15(13)17/h7-10H,5-6H2,1-4H3,(H,18,19). The van der Waals surface area contributed by atoms with Gasteiger partial charge >= 0.3 is 5.97 Å². The molecular weight excluding hydrogens is 238 g/mol. The number of rotatable bonds is 4. The zero-order chi connectivity index (χ0) is 14.2. The lowest BCUT2D eigenvalue weighted by Gasteiger charge is -2.06. The van der Waals surface area contributed by atoms with Crippen molar-refractivity contribution in [2.45, 2.75) is 46.6 Å². The van der Waals surface area contributed by atoms with Gasteiger partial charge in [0, 0.05) is 23.6 Å². The van der Waals surface area contributed by atoms with E-state index in [1.165, 1.54) is 10.9 Å². The molecule has 0 unspecified atom stereocenters. The second kappa shape index (κ2) is 5.08. The maximum Gasteiger partial charge on any atom is 0.336 e. The maximum absolute atomic E-state index is 11.3. The Labute approximate surface area is 113 Å². The molecule has 0 amide bonds. The third kappa shape index (κ3) is 2.37. The molecule has 0 aliphatic heterocycles. The summed E-state index contributed by atoms with van der Waals surface area (Å²) in [6.45, 7) is 9.26. The summed E-state index contributed by atoms with van der Waals surface area (Å²) in [5, 5.41) is 10.4. The van der Waals surface area contributed by atoms with Crippen LogP contribution in [0.1, 0.15) is 54.6 Å². The number of hydrogen-bond donors (Lipinski definition) is 1. The summed E-state index contributed by atoms with van der Waals surface area (Å²) in [6, 6.07) is 3.83. The van der Waals surface area contributed by atoms with Crippen molar-refractivity contribution >= 4 is 16.9 Å². The van der Waals surface area contributed by atoms with E-state index in [-0.39, 0.29) is 0 Å². The highest BCUT2D eigenvalue weighted by Gasteiger charge is 2.15. The smallest absolute Gasteiger partial charge is 0.336 e. The van der Waals surface area contributed by atoms with Crippen LogP contribution in [0.15, 0.2) is 18.3 Å². The van der Waals surface area contributed by atoms with Crippen molar-refractivity contribution in [3.63, 3.8) is 0 Å². The van der Waals surface area contributed by atoms with E-state index in [1.807, 2.05) is 19.1 Å². The Kier molecular flexibility index (Phi) is 3.65. The molecule has 19 heavy (non-hydrogen) atoms. The predicted molar refractivity (Wildman–Crippen MR) is 78.0 cm³/mol. The minimum Gasteiger partial charge on any atom is -0.478 e. The first-order chi connectivity index (χ1) is 8.95. The Morgan fingerprint density at radius 1 is 1.37 bits per heavy atom. The number of nitrogens with zero attached hydrogens (tertiary/aromatic N) is 1. The van der Waals surface area contributed by atoms with Gasteiger partial charge < -0.3 is 9.67 Å². The Balaban J connectivity index is 2.75. The van der Waals surface area contributed by atoms with E-state index in [9.17, 15) is 9.90 Å². The van der Waals surface area contributed by atoms with Crippen molar-refractivity contribution in [3.8, 4) is 0 Å². The highest BCUT2D eigenvalue weighted by Crippen LogP contribution is 2.30. The van der Waals surface area contributed by atoms with E-state index >= 15 is 0 Å². The number of fused-ring (bicyclic) bond motifs is 1. The molecule has 2 rings (SSSR count). The monoisotopic (exact) mass is 259 g/mol. The van der Waals surface area contributed by atoms with E-state index in [0.29, 0.717) is 11.5 Å². The lowest BCUT2D eigenvalue weighted by atomic mass is 9.99. The largest absolute Gasteiger partial charge is 0.478 e. The predicted octanol–water partition coefficient (Wildman–Crippen LogP) is 4.18. The fraction of sp³-hybridized carbons (Fsp3) is 0.438. The molecule has 3 nitrogen and oxygen atoms in total. The molecule has 0 saturated heterocycles. The molecule has 0 fully saturated rings. The third-order valence-electron chi connectivity index (χ3n) is 3.57. The summed E-state index contributed by atoms with van der Waals surface area (Å²) >= 11 is 0. The molecule has 102 valence electrons. The van der Waals surface area contributed by atoms with E-state index in [0.717, 1.165) is 24.0 Å². The van der Waals surface area contributed by atoms with Gasteiger partial charge in [-0.3, -0.25) is 0 Å². The van der Waals surface area contributed by atoms with Crippen LogP contribution in [0.25, 0.3) is 10.9 Å².